The van der Waals surface area contributed by atoms with E-state index in [4.69, 9.17) is 4.74 Å². The van der Waals surface area contributed by atoms with E-state index in [-0.39, 0.29) is 5.91 Å². The van der Waals surface area contributed by atoms with Crippen LogP contribution in [0.25, 0.3) is 22.6 Å². The second kappa shape index (κ2) is 9.46. The third-order valence-corrected chi connectivity index (χ3v) is 5.70. The molecule has 0 saturated carbocycles. The van der Waals surface area contributed by atoms with E-state index in [0.29, 0.717) is 29.5 Å². The fourth-order valence-electron chi connectivity index (χ4n) is 3.93. The second-order valence-electron chi connectivity index (χ2n) is 8.90. The number of rotatable bonds is 7. The highest BCUT2D eigenvalue weighted by Gasteiger charge is 2.14. The molecule has 0 aliphatic carbocycles. The van der Waals surface area contributed by atoms with Crippen LogP contribution in [-0.2, 0) is 0 Å². The van der Waals surface area contributed by atoms with Crippen molar-refractivity contribution in [2.45, 2.75) is 20.8 Å². The van der Waals surface area contributed by atoms with E-state index in [1.807, 2.05) is 83.2 Å². The average Bonchev–Trinajstić information content (AvgIpc) is 3.47. The van der Waals surface area contributed by atoms with E-state index in [9.17, 15) is 4.79 Å². The van der Waals surface area contributed by atoms with Gasteiger partial charge in [0, 0.05) is 41.5 Å². The van der Waals surface area contributed by atoms with Gasteiger partial charge in [-0.25, -0.2) is 9.50 Å². The number of fused-ring (bicyclic) bond motifs is 1. The van der Waals surface area contributed by atoms with Crippen LogP contribution in [-0.4, -0.2) is 31.7 Å². The molecule has 0 saturated heterocycles. The highest BCUT2D eigenvalue weighted by molar-refractivity contribution is 6.04. The summed E-state index contributed by atoms with van der Waals surface area (Å²) >= 11 is 0. The monoisotopic (exact) mass is 465 g/mol. The molecule has 35 heavy (non-hydrogen) atoms. The Balaban J connectivity index is 1.45. The van der Waals surface area contributed by atoms with Crippen molar-refractivity contribution in [3.05, 3.63) is 96.6 Å². The molecule has 0 atom stereocenters. The summed E-state index contributed by atoms with van der Waals surface area (Å²) in [5.74, 6) is 0.910. The van der Waals surface area contributed by atoms with Gasteiger partial charge in [-0.05, 0) is 60.9 Å². The van der Waals surface area contributed by atoms with Gasteiger partial charge < -0.3 is 10.1 Å². The number of nitrogens with zero attached hydrogens (tertiary/aromatic N) is 4. The van der Waals surface area contributed by atoms with Crippen LogP contribution < -0.4 is 10.1 Å². The molecule has 0 spiro atoms. The van der Waals surface area contributed by atoms with Crippen molar-refractivity contribution in [1.29, 1.82) is 0 Å². The molecule has 0 aliphatic rings. The van der Waals surface area contributed by atoms with Gasteiger partial charge in [-0.15, -0.1) is 0 Å². The number of aryl methyl sites for hydroxylation is 1. The van der Waals surface area contributed by atoms with Crippen LogP contribution in [0.5, 0.6) is 5.75 Å². The van der Waals surface area contributed by atoms with Crippen LogP contribution in [0.15, 0.2) is 85.5 Å². The molecule has 7 heteroatoms. The minimum atomic E-state index is -0.189. The maximum Gasteiger partial charge on any atom is 0.255 e. The molecular formula is C28H27N5O2. The molecule has 0 fully saturated rings. The van der Waals surface area contributed by atoms with Gasteiger partial charge in [-0.1, -0.05) is 26.0 Å². The molecule has 7 nitrogen and oxygen atoms in total. The number of aromatic nitrogens is 4. The highest BCUT2D eigenvalue weighted by Crippen LogP contribution is 2.26. The first kappa shape index (κ1) is 22.4. The standard InChI is InChI=1S/C28H27N5O2/c1-19(2)18-35-24-8-4-6-21(14-24)28(34)31-23-10-9-20(3)25(15-23)32-13-11-27-30-17-26(33(27)32)22-7-5-12-29-16-22/h4-17,19H,18H2,1-3H3,(H,31,34). The Morgan fingerprint density at radius 2 is 1.94 bits per heavy atom. The summed E-state index contributed by atoms with van der Waals surface area (Å²) < 4.78 is 9.86. The lowest BCUT2D eigenvalue weighted by Gasteiger charge is -2.14. The summed E-state index contributed by atoms with van der Waals surface area (Å²) in [6, 6.07) is 19.0. The van der Waals surface area contributed by atoms with Crippen molar-refractivity contribution in [2.24, 2.45) is 5.92 Å². The number of imidazole rings is 1. The molecule has 0 radical (unpaired) electrons. The summed E-state index contributed by atoms with van der Waals surface area (Å²) in [4.78, 5) is 21.8. The molecule has 0 bridgehead atoms. The number of carbonyl (C=O) groups excluding carboxylic acids is 1. The molecule has 3 heterocycles. The lowest BCUT2D eigenvalue weighted by Crippen LogP contribution is -2.13. The van der Waals surface area contributed by atoms with Crippen LogP contribution in [0, 0.1) is 12.8 Å². The number of ether oxygens (including phenoxy) is 1. The Hall–Kier alpha value is -4.39. The van der Waals surface area contributed by atoms with Crippen molar-refractivity contribution >= 4 is 17.2 Å². The third-order valence-electron chi connectivity index (χ3n) is 5.70. The van der Waals surface area contributed by atoms with Gasteiger partial charge in [0.25, 0.3) is 5.91 Å². The number of carbonyl (C=O) groups is 1. The van der Waals surface area contributed by atoms with Gasteiger partial charge in [0.2, 0.25) is 0 Å². The van der Waals surface area contributed by atoms with Gasteiger partial charge in [-0.3, -0.25) is 14.5 Å². The topological polar surface area (TPSA) is 73.4 Å². The zero-order valence-corrected chi connectivity index (χ0v) is 20.0. The molecule has 176 valence electrons. The summed E-state index contributed by atoms with van der Waals surface area (Å²) in [5, 5.41) is 3.03. The Bertz CT molecular complexity index is 1480. The van der Waals surface area contributed by atoms with Gasteiger partial charge in [-0.2, -0.15) is 0 Å². The molecule has 0 unspecified atom stereocenters. The van der Waals surface area contributed by atoms with Gasteiger partial charge in [0.15, 0.2) is 5.65 Å². The number of hydrogen-bond donors (Lipinski definition) is 1. The average molecular weight is 466 g/mol. The Morgan fingerprint density at radius 3 is 2.74 bits per heavy atom. The highest BCUT2D eigenvalue weighted by atomic mass is 16.5. The lowest BCUT2D eigenvalue weighted by atomic mass is 10.1. The van der Waals surface area contributed by atoms with Gasteiger partial charge in [0.1, 0.15) is 5.75 Å². The Labute approximate surface area is 204 Å². The van der Waals surface area contributed by atoms with Crippen molar-refractivity contribution < 1.29 is 9.53 Å². The van der Waals surface area contributed by atoms with E-state index in [2.05, 4.69) is 29.1 Å². The van der Waals surface area contributed by atoms with Gasteiger partial charge >= 0.3 is 0 Å². The summed E-state index contributed by atoms with van der Waals surface area (Å²) in [7, 11) is 0. The van der Waals surface area contributed by atoms with Crippen LogP contribution in [0.4, 0.5) is 5.69 Å². The number of pyridine rings is 1. The molecule has 5 aromatic rings. The van der Waals surface area contributed by atoms with Crippen molar-refractivity contribution in [3.63, 3.8) is 0 Å². The number of anilines is 1. The van der Waals surface area contributed by atoms with E-state index in [0.717, 1.165) is 28.2 Å². The third kappa shape index (κ3) is 4.66. The van der Waals surface area contributed by atoms with Crippen molar-refractivity contribution in [1.82, 2.24) is 19.2 Å². The molecule has 3 aromatic heterocycles. The van der Waals surface area contributed by atoms with Crippen molar-refractivity contribution in [3.8, 4) is 22.7 Å². The maximum atomic E-state index is 13.0. The van der Waals surface area contributed by atoms with Gasteiger partial charge in [0.05, 0.1) is 24.2 Å². The molecule has 5 rings (SSSR count). The lowest BCUT2D eigenvalue weighted by molar-refractivity contribution is 0.102. The first-order chi connectivity index (χ1) is 17.0. The number of nitrogens with one attached hydrogen (secondary N) is 1. The second-order valence-corrected chi connectivity index (χ2v) is 8.90. The fourth-order valence-corrected chi connectivity index (χ4v) is 3.93. The van der Waals surface area contributed by atoms with E-state index in [1.165, 1.54) is 0 Å². The molecule has 1 amide bonds. The molecular weight excluding hydrogens is 438 g/mol. The normalized spacial score (nSPS) is 11.2. The van der Waals surface area contributed by atoms with E-state index in [1.54, 1.807) is 18.3 Å². The van der Waals surface area contributed by atoms with Crippen LogP contribution in [0.3, 0.4) is 0 Å². The van der Waals surface area contributed by atoms with E-state index >= 15 is 0 Å². The maximum absolute atomic E-state index is 13.0. The Kier molecular flexibility index (Phi) is 6.06. The van der Waals surface area contributed by atoms with Crippen LogP contribution in [0.2, 0.25) is 0 Å². The smallest absolute Gasteiger partial charge is 0.255 e. The number of amides is 1. The quantitative estimate of drug-likeness (QED) is 0.331. The molecule has 0 aliphatic heterocycles. The zero-order chi connectivity index (χ0) is 24.4. The predicted octanol–water partition coefficient (Wildman–Crippen LogP) is 5.78. The Morgan fingerprint density at radius 1 is 1.06 bits per heavy atom. The number of benzene rings is 2. The van der Waals surface area contributed by atoms with Crippen LogP contribution >= 0.6 is 0 Å². The van der Waals surface area contributed by atoms with Crippen molar-refractivity contribution in [2.75, 3.05) is 11.9 Å². The minimum absolute atomic E-state index is 0.189. The summed E-state index contributed by atoms with van der Waals surface area (Å²) in [6.07, 6.45) is 7.40. The molecule has 2 aromatic carbocycles. The van der Waals surface area contributed by atoms with Crippen LogP contribution in [0.1, 0.15) is 29.8 Å². The minimum Gasteiger partial charge on any atom is -0.493 e. The SMILES string of the molecule is Cc1ccc(NC(=O)c2cccc(OCC(C)C)c2)cc1-n1ccc2ncc(-c3cccnc3)n21. The molecule has 1 N–H and O–H groups in total. The van der Waals surface area contributed by atoms with E-state index < -0.39 is 0 Å². The number of hydrogen-bond acceptors (Lipinski definition) is 4. The first-order valence-electron chi connectivity index (χ1n) is 11.6. The first-order valence-corrected chi connectivity index (χ1v) is 11.6. The predicted molar refractivity (Wildman–Crippen MR) is 137 cm³/mol. The summed E-state index contributed by atoms with van der Waals surface area (Å²) in [6.45, 7) is 6.83. The fraction of sp³-hybridized carbons (Fsp3) is 0.179. The summed E-state index contributed by atoms with van der Waals surface area (Å²) in [5.41, 5.74) is 5.99. The largest absolute Gasteiger partial charge is 0.493 e. The zero-order valence-electron chi connectivity index (χ0n) is 20.0.